The van der Waals surface area contributed by atoms with Gasteiger partial charge in [-0.1, -0.05) is 184 Å². The first-order chi connectivity index (χ1) is 33.3. The van der Waals surface area contributed by atoms with Crippen LogP contribution in [0.15, 0.2) is 48.6 Å². The molecule has 0 amide bonds. The van der Waals surface area contributed by atoms with Crippen LogP contribution in [0.3, 0.4) is 0 Å². The van der Waals surface area contributed by atoms with Gasteiger partial charge in [0, 0.05) is 12.8 Å². The molecule has 1 fully saturated rings. The van der Waals surface area contributed by atoms with Gasteiger partial charge in [-0.25, -0.2) is 9.13 Å². The fraction of sp³-hybridized carbons (Fsp3) is 0.796. The van der Waals surface area contributed by atoms with E-state index in [2.05, 4.69) is 18.4 Å². The van der Waals surface area contributed by atoms with Crippen LogP contribution in [-0.4, -0.2) is 137 Å². The third-order valence-electron chi connectivity index (χ3n) is 11.8. The van der Waals surface area contributed by atoms with E-state index < -0.39 is 102 Å². The lowest BCUT2D eigenvalue weighted by Crippen LogP contribution is -2.64. The highest BCUT2D eigenvalue weighted by Gasteiger charge is 2.54. The normalized spacial score (nSPS) is 22.7. The summed E-state index contributed by atoms with van der Waals surface area (Å²) >= 11 is 0. The van der Waals surface area contributed by atoms with Gasteiger partial charge in [0.1, 0.15) is 43.2 Å². The smallest absolute Gasteiger partial charge is 0.462 e. The van der Waals surface area contributed by atoms with Crippen LogP contribution in [0.25, 0.3) is 0 Å². The first kappa shape index (κ1) is 65.9. The fourth-order valence-corrected chi connectivity index (χ4v) is 9.18. The van der Waals surface area contributed by atoms with Crippen LogP contribution in [0.1, 0.15) is 174 Å². The van der Waals surface area contributed by atoms with E-state index in [4.69, 9.17) is 18.5 Å². The number of aliphatic hydroxyl groups excluding tert-OH is 7. The summed E-state index contributed by atoms with van der Waals surface area (Å²) in [5, 5.41) is 72.0. The van der Waals surface area contributed by atoms with Gasteiger partial charge >= 0.3 is 27.6 Å². The minimum Gasteiger partial charge on any atom is -0.462 e. The Labute approximate surface area is 415 Å². The van der Waals surface area contributed by atoms with Gasteiger partial charge in [0.2, 0.25) is 0 Å². The average Bonchev–Trinajstić information content (AvgIpc) is 3.31. The molecule has 5 unspecified atom stereocenters. The molecule has 0 aromatic heterocycles. The Bertz CT molecular complexity index is 1590. The van der Waals surface area contributed by atoms with Crippen molar-refractivity contribution in [1.29, 1.82) is 0 Å². The number of phosphoric acid groups is 2. The SMILES string of the molecule is CCCCCCCCCCCCCCCCCCCC(=O)OC[C@H](COP(=O)(O)O[C@H]1C(O)C(O)C(O)[C@@H](OP(=O)(O)O)C1O)OC(=O)CCC[C@H](O)[C@@H](O)/C=C/C=C/C=C\C=C\[C@@H](O)CCCCC. The number of unbranched alkanes of at least 4 members (excludes halogenated alkanes) is 18. The highest BCUT2D eigenvalue weighted by molar-refractivity contribution is 7.47. The lowest BCUT2D eigenvalue weighted by atomic mass is 9.85. The average molecular weight is 1040 g/mol. The van der Waals surface area contributed by atoms with E-state index in [-0.39, 0.29) is 25.7 Å². The van der Waals surface area contributed by atoms with Gasteiger partial charge < -0.3 is 59.9 Å². The van der Waals surface area contributed by atoms with Gasteiger partial charge in [0.15, 0.2) is 6.10 Å². The molecular weight excluding hydrogens is 954 g/mol. The van der Waals surface area contributed by atoms with Gasteiger partial charge in [-0.3, -0.25) is 23.2 Å². The van der Waals surface area contributed by atoms with Crippen molar-refractivity contribution in [2.75, 3.05) is 13.2 Å². The second-order valence-corrected chi connectivity index (χ2v) is 20.7. The van der Waals surface area contributed by atoms with Crippen molar-refractivity contribution in [2.24, 2.45) is 0 Å². The first-order valence-electron chi connectivity index (χ1n) is 25.5. The van der Waals surface area contributed by atoms with Crippen molar-refractivity contribution in [3.05, 3.63) is 48.6 Å². The number of aliphatic hydroxyl groups is 7. The zero-order valence-electron chi connectivity index (χ0n) is 41.5. The molecule has 0 radical (unpaired) electrons. The number of hydrogen-bond acceptors (Lipinski definition) is 16. The number of allylic oxidation sites excluding steroid dienone is 6. The van der Waals surface area contributed by atoms with Crippen LogP contribution >= 0.6 is 15.6 Å². The molecule has 19 nitrogen and oxygen atoms in total. The van der Waals surface area contributed by atoms with E-state index in [1.165, 1.54) is 89.2 Å². The number of esters is 2. The summed E-state index contributed by atoms with van der Waals surface area (Å²) in [6, 6.07) is 0. The van der Waals surface area contributed by atoms with Crippen LogP contribution in [0.2, 0.25) is 0 Å². The Kier molecular flexibility index (Phi) is 37.0. The second-order valence-electron chi connectivity index (χ2n) is 18.1. The van der Waals surface area contributed by atoms with Crippen LogP contribution in [0.5, 0.6) is 0 Å². The highest BCUT2D eigenvalue weighted by Crippen LogP contribution is 2.49. The Morgan fingerprint density at radius 1 is 0.514 bits per heavy atom. The molecule has 11 atom stereocenters. The van der Waals surface area contributed by atoms with E-state index in [1.807, 2.05) is 0 Å². The molecule has 0 heterocycles. The maximum absolute atomic E-state index is 13.0. The van der Waals surface area contributed by atoms with Crippen LogP contribution in [-0.2, 0) is 41.8 Å². The summed E-state index contributed by atoms with van der Waals surface area (Å²) in [5.74, 6) is -1.53. The minimum atomic E-state index is -5.41. The first-order valence-corrected chi connectivity index (χ1v) is 28.5. The fourth-order valence-electron chi connectivity index (χ4n) is 7.65. The maximum Gasteiger partial charge on any atom is 0.472 e. The molecular formula is C49H88O19P2. The number of carbonyl (C=O) groups is 2. The summed E-state index contributed by atoms with van der Waals surface area (Å²) in [4.78, 5) is 54.4. The van der Waals surface area contributed by atoms with E-state index >= 15 is 0 Å². The molecule has 0 aliphatic heterocycles. The van der Waals surface area contributed by atoms with Crippen molar-refractivity contribution >= 4 is 27.6 Å². The standard InChI is InChI=1S/C49H88O19P2/c1-3-5-7-8-9-10-11-12-13-14-15-16-17-18-19-24-28-34-42(53)64-36-39(37-65-70(62,63)68-49-46(57)44(55)45(56)48(47(49)58)67-69(59,60)61)66-43(54)35-29-33-41(52)40(51)32-27-23-21-20-22-26-31-38(50)30-25-6-4-2/h20-23,26-27,31-32,38-41,44-52,55-58H,3-19,24-25,28-30,33-37H2,1-2H3,(H,62,63)(H2,59,60,61)/b22-20-,23-21+,31-26+,32-27+/t38-,39+,40-,41-,44?,45?,46?,47?,48+,49-/m0/s1. The van der Waals surface area contributed by atoms with Crippen LogP contribution in [0, 0.1) is 0 Å². The zero-order valence-corrected chi connectivity index (χ0v) is 43.3. The van der Waals surface area contributed by atoms with Crippen LogP contribution < -0.4 is 0 Å². The van der Waals surface area contributed by atoms with E-state index in [0.717, 1.165) is 44.9 Å². The molecule has 0 spiro atoms. The molecule has 1 aliphatic carbocycles. The lowest BCUT2D eigenvalue weighted by Gasteiger charge is -2.43. The number of ether oxygens (including phenoxy) is 2. The van der Waals surface area contributed by atoms with E-state index in [0.29, 0.717) is 12.8 Å². The van der Waals surface area contributed by atoms with Gasteiger partial charge in [-0.15, -0.1) is 0 Å². The molecule has 21 heteroatoms. The van der Waals surface area contributed by atoms with Crippen molar-refractivity contribution in [3.8, 4) is 0 Å². The van der Waals surface area contributed by atoms with Crippen LogP contribution in [0.4, 0.5) is 0 Å². The summed E-state index contributed by atoms with van der Waals surface area (Å²) in [6.07, 6.45) is 18.3. The van der Waals surface area contributed by atoms with Crippen molar-refractivity contribution in [3.63, 3.8) is 0 Å². The zero-order chi connectivity index (χ0) is 52.2. The number of hydrogen-bond donors (Lipinski definition) is 10. The topological polar surface area (TPSA) is 317 Å². The Morgan fingerprint density at radius 3 is 1.50 bits per heavy atom. The minimum absolute atomic E-state index is 0.0257. The predicted molar refractivity (Wildman–Crippen MR) is 264 cm³/mol. The molecule has 10 N–H and O–H groups in total. The number of phosphoric ester groups is 2. The van der Waals surface area contributed by atoms with E-state index in [1.54, 1.807) is 36.5 Å². The molecule has 0 bridgehead atoms. The third kappa shape index (κ3) is 32.8. The molecule has 1 aliphatic rings. The lowest BCUT2D eigenvalue weighted by molar-refractivity contribution is -0.216. The molecule has 1 rings (SSSR count). The summed E-state index contributed by atoms with van der Waals surface area (Å²) < 4.78 is 49.2. The Morgan fingerprint density at radius 2 is 0.971 bits per heavy atom. The highest BCUT2D eigenvalue weighted by atomic mass is 31.2. The summed E-state index contributed by atoms with van der Waals surface area (Å²) in [5.41, 5.74) is 0. The van der Waals surface area contributed by atoms with Crippen molar-refractivity contribution in [2.45, 2.75) is 235 Å². The third-order valence-corrected chi connectivity index (χ3v) is 13.3. The summed E-state index contributed by atoms with van der Waals surface area (Å²) in [6.45, 7) is 2.74. The molecule has 1 saturated carbocycles. The number of rotatable bonds is 42. The Hall–Kier alpha value is -2.16. The second kappa shape index (κ2) is 39.3. The van der Waals surface area contributed by atoms with Gasteiger partial charge in [0.05, 0.1) is 24.9 Å². The van der Waals surface area contributed by atoms with Gasteiger partial charge in [-0.2, -0.15) is 0 Å². The van der Waals surface area contributed by atoms with Gasteiger partial charge in [-0.05, 0) is 25.7 Å². The van der Waals surface area contributed by atoms with Crippen molar-refractivity contribution < 1.29 is 92.2 Å². The predicted octanol–water partition coefficient (Wildman–Crippen LogP) is 6.98. The Balaban J connectivity index is 2.70. The quantitative estimate of drug-likeness (QED) is 0.0128. The van der Waals surface area contributed by atoms with Gasteiger partial charge in [0.25, 0.3) is 0 Å². The molecule has 0 saturated heterocycles. The molecule has 0 aromatic rings. The molecule has 0 aromatic carbocycles. The number of carbonyl (C=O) groups excluding carboxylic acids is 2. The van der Waals surface area contributed by atoms with Crippen molar-refractivity contribution in [1.82, 2.24) is 0 Å². The monoisotopic (exact) mass is 1040 g/mol. The van der Waals surface area contributed by atoms with E-state index in [9.17, 15) is 69.1 Å². The molecule has 70 heavy (non-hydrogen) atoms. The largest absolute Gasteiger partial charge is 0.472 e. The maximum atomic E-state index is 13.0. The molecule has 408 valence electrons. The summed E-state index contributed by atoms with van der Waals surface area (Å²) in [7, 11) is -10.8.